The first-order valence-corrected chi connectivity index (χ1v) is 8.62. The zero-order chi connectivity index (χ0) is 16.2. The van der Waals surface area contributed by atoms with Crippen molar-refractivity contribution in [2.75, 3.05) is 39.8 Å². The van der Waals surface area contributed by atoms with Crippen molar-refractivity contribution in [1.29, 1.82) is 0 Å². The highest BCUT2D eigenvalue weighted by atomic mass is 16.5. The molecule has 23 heavy (non-hydrogen) atoms. The van der Waals surface area contributed by atoms with Gasteiger partial charge in [0.1, 0.15) is 31.1 Å². The molecule has 1 aromatic heterocycles. The van der Waals surface area contributed by atoms with Crippen LogP contribution in [0.1, 0.15) is 19.5 Å². The third kappa shape index (κ3) is 3.20. The van der Waals surface area contributed by atoms with Crippen LogP contribution in [0.3, 0.4) is 0 Å². The van der Waals surface area contributed by atoms with Crippen LogP contribution in [0.15, 0.2) is 24.3 Å². The zero-order valence-corrected chi connectivity index (χ0v) is 14.4. The molecule has 124 valence electrons. The second kappa shape index (κ2) is 7.04. The van der Waals surface area contributed by atoms with Gasteiger partial charge in [0, 0.05) is 10.9 Å². The van der Waals surface area contributed by atoms with E-state index in [0.29, 0.717) is 0 Å². The van der Waals surface area contributed by atoms with Crippen LogP contribution in [0.4, 0.5) is 0 Å². The topological polar surface area (TPSA) is 44.6 Å². The van der Waals surface area contributed by atoms with Crippen LogP contribution >= 0.6 is 0 Å². The van der Waals surface area contributed by atoms with Crippen LogP contribution in [0, 0.1) is 0 Å². The molecule has 0 bridgehead atoms. The Balaban J connectivity index is 1.79. The van der Waals surface area contributed by atoms with Crippen LogP contribution in [0.2, 0.25) is 0 Å². The number of rotatable bonds is 6. The fourth-order valence-corrected chi connectivity index (χ4v) is 3.33. The number of likely N-dealkylation sites (N-methyl/N-ethyl adjacent to an activating group) is 1. The molecule has 5 nitrogen and oxygen atoms in total. The van der Waals surface area contributed by atoms with E-state index in [-0.39, 0.29) is 0 Å². The molecule has 0 spiro atoms. The van der Waals surface area contributed by atoms with Crippen molar-refractivity contribution in [1.82, 2.24) is 9.88 Å². The normalized spacial score (nSPS) is 14.0. The highest BCUT2D eigenvalue weighted by Gasteiger charge is 2.22. The van der Waals surface area contributed by atoms with Crippen molar-refractivity contribution in [2.24, 2.45) is 0 Å². The Morgan fingerprint density at radius 2 is 2.09 bits per heavy atom. The minimum atomic E-state index is 0.910. The number of quaternary nitrogens is 1. The number of nitrogens with zero attached hydrogens (tertiary/aromatic N) is 1. The minimum Gasteiger partial charge on any atom is -0.497 e. The molecule has 0 radical (unpaired) electrons. The second-order valence-corrected chi connectivity index (χ2v) is 6.04. The van der Waals surface area contributed by atoms with Crippen molar-refractivity contribution in [2.45, 2.75) is 20.4 Å². The summed E-state index contributed by atoms with van der Waals surface area (Å²) in [6.45, 7) is 10.9. The molecule has 5 heteroatoms. The molecular formula is C18H28N4O+2. The van der Waals surface area contributed by atoms with Gasteiger partial charge in [0.15, 0.2) is 0 Å². The van der Waals surface area contributed by atoms with Gasteiger partial charge < -0.3 is 14.2 Å². The maximum atomic E-state index is 5.35. The molecule has 3 rings (SSSR count). The SMILES string of the molecule is CC[NH+](CC)CCNC1=[NH+]CCn2c1cc1cc(OC)ccc12. The lowest BCUT2D eigenvalue weighted by Gasteiger charge is -2.16. The quantitative estimate of drug-likeness (QED) is 0.640. The average Bonchev–Trinajstić information content (AvgIpc) is 2.97. The number of hydrogen-bond donors (Lipinski definition) is 3. The molecule has 1 aliphatic rings. The van der Waals surface area contributed by atoms with Crippen LogP contribution < -0.4 is 19.9 Å². The van der Waals surface area contributed by atoms with Gasteiger partial charge in [-0.2, -0.15) is 0 Å². The Hall–Kier alpha value is -2.01. The summed E-state index contributed by atoms with van der Waals surface area (Å²) in [6.07, 6.45) is 0. The smallest absolute Gasteiger partial charge is 0.292 e. The molecule has 0 aliphatic carbocycles. The average molecular weight is 316 g/mol. The highest BCUT2D eigenvalue weighted by Crippen LogP contribution is 2.24. The van der Waals surface area contributed by atoms with Gasteiger partial charge in [0.2, 0.25) is 0 Å². The van der Waals surface area contributed by atoms with Gasteiger partial charge in [-0.15, -0.1) is 0 Å². The van der Waals surface area contributed by atoms with E-state index in [2.05, 4.69) is 46.9 Å². The Labute approximate surface area is 137 Å². The van der Waals surface area contributed by atoms with Gasteiger partial charge in [0.25, 0.3) is 5.84 Å². The van der Waals surface area contributed by atoms with E-state index < -0.39 is 0 Å². The van der Waals surface area contributed by atoms with Crippen LogP contribution in [-0.4, -0.2) is 50.2 Å². The monoisotopic (exact) mass is 316 g/mol. The van der Waals surface area contributed by atoms with Gasteiger partial charge in [-0.25, -0.2) is 0 Å². The Morgan fingerprint density at radius 3 is 2.83 bits per heavy atom. The molecule has 0 amide bonds. The predicted octanol–water partition coefficient (Wildman–Crippen LogP) is -0.995. The molecule has 2 aromatic rings. The van der Waals surface area contributed by atoms with E-state index in [9.17, 15) is 0 Å². The maximum absolute atomic E-state index is 5.35. The summed E-state index contributed by atoms with van der Waals surface area (Å²) >= 11 is 0. The maximum Gasteiger partial charge on any atom is 0.292 e. The number of benzene rings is 1. The number of methoxy groups -OCH3 is 1. The summed E-state index contributed by atoms with van der Waals surface area (Å²) in [5.41, 5.74) is 2.52. The second-order valence-electron chi connectivity index (χ2n) is 6.04. The summed E-state index contributed by atoms with van der Waals surface area (Å²) in [5.74, 6) is 2.06. The van der Waals surface area contributed by atoms with Crippen molar-refractivity contribution in [3.8, 4) is 5.75 Å². The first-order valence-electron chi connectivity index (χ1n) is 8.62. The van der Waals surface area contributed by atoms with Gasteiger partial charge >= 0.3 is 0 Å². The standard InChI is InChI=1S/C18H26N4O/c1-4-21(5-2)10-8-19-18-17-13-14-12-15(23-3)6-7-16(14)22(17)11-9-20-18/h6-7,12-13H,4-5,8-11H2,1-3H3,(H,19,20)/p+2. The summed E-state index contributed by atoms with van der Waals surface area (Å²) in [4.78, 5) is 5.14. The lowest BCUT2D eigenvalue weighted by molar-refractivity contribution is -0.895. The van der Waals surface area contributed by atoms with Gasteiger partial charge in [-0.1, -0.05) is 0 Å². The Bertz CT molecular complexity index is 700. The van der Waals surface area contributed by atoms with E-state index in [0.717, 1.165) is 37.8 Å². The summed E-state index contributed by atoms with van der Waals surface area (Å²) < 4.78 is 7.73. The fourth-order valence-electron chi connectivity index (χ4n) is 3.33. The third-order valence-electron chi connectivity index (χ3n) is 4.78. The molecule has 1 aliphatic heterocycles. The molecule has 0 saturated heterocycles. The van der Waals surface area contributed by atoms with Gasteiger partial charge in [-0.3, -0.25) is 10.3 Å². The Kier molecular flexibility index (Phi) is 4.86. The van der Waals surface area contributed by atoms with Crippen molar-refractivity contribution in [3.05, 3.63) is 30.0 Å². The van der Waals surface area contributed by atoms with Gasteiger partial charge in [0.05, 0.1) is 26.7 Å². The number of nitrogens with one attached hydrogen (secondary N) is 3. The molecule has 3 N–H and O–H groups in total. The first kappa shape index (κ1) is 15.9. The summed E-state index contributed by atoms with van der Waals surface area (Å²) in [7, 11) is 1.72. The number of hydrogen-bond acceptors (Lipinski definition) is 2. The summed E-state index contributed by atoms with van der Waals surface area (Å²) in [5, 5.41) is 4.83. The number of amidine groups is 1. The lowest BCUT2D eigenvalue weighted by atomic mass is 10.2. The molecule has 0 saturated carbocycles. The van der Waals surface area contributed by atoms with E-state index in [1.807, 2.05) is 6.07 Å². The van der Waals surface area contributed by atoms with E-state index in [4.69, 9.17) is 4.74 Å². The van der Waals surface area contributed by atoms with Crippen LogP contribution in [0.25, 0.3) is 10.9 Å². The molecule has 0 unspecified atom stereocenters. The largest absolute Gasteiger partial charge is 0.497 e. The van der Waals surface area contributed by atoms with Crippen molar-refractivity contribution >= 4 is 16.7 Å². The van der Waals surface area contributed by atoms with Crippen molar-refractivity contribution in [3.63, 3.8) is 0 Å². The van der Waals surface area contributed by atoms with E-state index >= 15 is 0 Å². The minimum absolute atomic E-state index is 0.910. The molecular weight excluding hydrogens is 288 g/mol. The molecule has 0 atom stereocenters. The van der Waals surface area contributed by atoms with E-state index in [1.165, 1.54) is 29.7 Å². The zero-order valence-electron chi connectivity index (χ0n) is 14.4. The van der Waals surface area contributed by atoms with Crippen LogP contribution in [0.5, 0.6) is 5.75 Å². The summed E-state index contributed by atoms with van der Waals surface area (Å²) in [6, 6.07) is 8.55. The number of fused-ring (bicyclic) bond motifs is 3. The molecule has 0 fully saturated rings. The molecule has 2 heterocycles. The number of ether oxygens (including phenoxy) is 1. The van der Waals surface area contributed by atoms with Crippen LogP contribution in [-0.2, 0) is 6.54 Å². The first-order chi connectivity index (χ1) is 11.3. The molecule has 1 aromatic carbocycles. The van der Waals surface area contributed by atoms with Crippen molar-refractivity contribution < 1.29 is 14.6 Å². The fraction of sp³-hybridized carbons (Fsp3) is 0.500. The predicted molar refractivity (Wildman–Crippen MR) is 93.3 cm³/mol. The number of aromatic nitrogens is 1. The third-order valence-corrected chi connectivity index (χ3v) is 4.78. The highest BCUT2D eigenvalue weighted by molar-refractivity contribution is 5.99. The van der Waals surface area contributed by atoms with E-state index in [1.54, 1.807) is 12.0 Å². The Morgan fingerprint density at radius 1 is 1.26 bits per heavy atom. The lowest BCUT2D eigenvalue weighted by Crippen LogP contribution is -3.12. The van der Waals surface area contributed by atoms with Gasteiger partial charge in [-0.05, 0) is 38.1 Å².